The van der Waals surface area contributed by atoms with E-state index >= 15 is 0 Å². The Morgan fingerprint density at radius 3 is 3.14 bits per heavy atom. The fourth-order valence-corrected chi connectivity index (χ4v) is 2.58. The zero-order valence-corrected chi connectivity index (χ0v) is 11.8. The number of fused-ring (bicyclic) bond motifs is 1. The molecule has 3 heterocycles. The van der Waals surface area contributed by atoms with Crippen molar-refractivity contribution >= 4 is 17.5 Å². The minimum absolute atomic E-state index is 0.0512. The normalized spacial score (nSPS) is 18.4. The van der Waals surface area contributed by atoms with Gasteiger partial charge in [-0.25, -0.2) is 9.50 Å². The molecule has 0 aliphatic carbocycles. The number of carbonyl (C=O) groups is 2. The summed E-state index contributed by atoms with van der Waals surface area (Å²) in [7, 11) is 0. The molecule has 110 valence electrons. The number of likely N-dealkylation sites (tertiary alicyclic amines) is 1. The molecule has 1 saturated heterocycles. The Hall–Kier alpha value is -2.44. The topological polar surface area (TPSA) is 79.6 Å². The van der Waals surface area contributed by atoms with Crippen LogP contribution in [0.1, 0.15) is 18.9 Å². The van der Waals surface area contributed by atoms with Crippen LogP contribution in [0.4, 0.5) is 0 Å². The molecule has 0 saturated carbocycles. The molecule has 1 N–H and O–H groups in total. The molecule has 2 aromatic heterocycles. The highest BCUT2D eigenvalue weighted by Gasteiger charge is 2.33. The van der Waals surface area contributed by atoms with Crippen LogP contribution in [0.5, 0.6) is 0 Å². The third kappa shape index (κ3) is 2.58. The van der Waals surface area contributed by atoms with E-state index < -0.39 is 0 Å². The van der Waals surface area contributed by atoms with Crippen molar-refractivity contribution in [1.29, 1.82) is 0 Å². The van der Waals surface area contributed by atoms with Crippen LogP contribution in [0.3, 0.4) is 0 Å². The summed E-state index contributed by atoms with van der Waals surface area (Å²) >= 11 is 0. The van der Waals surface area contributed by atoms with Gasteiger partial charge in [0, 0.05) is 44.0 Å². The van der Waals surface area contributed by atoms with Crippen LogP contribution in [0.2, 0.25) is 0 Å². The minimum atomic E-state index is -0.257. The summed E-state index contributed by atoms with van der Waals surface area (Å²) in [6.45, 7) is 3.45. The van der Waals surface area contributed by atoms with Crippen LogP contribution < -0.4 is 5.32 Å². The SMILES string of the molecule is CCN1CC(C(=O)NCc2cnn3cccnc23)CC1=O. The van der Waals surface area contributed by atoms with E-state index in [1.165, 1.54) is 0 Å². The smallest absolute Gasteiger partial charge is 0.225 e. The molecule has 0 radical (unpaired) electrons. The molecule has 1 fully saturated rings. The number of amides is 2. The highest BCUT2D eigenvalue weighted by molar-refractivity contribution is 5.89. The second kappa shape index (κ2) is 5.51. The summed E-state index contributed by atoms with van der Waals surface area (Å²) < 4.78 is 1.67. The first-order valence-electron chi connectivity index (χ1n) is 7.01. The number of hydrogen-bond donors (Lipinski definition) is 1. The van der Waals surface area contributed by atoms with E-state index in [4.69, 9.17) is 0 Å². The van der Waals surface area contributed by atoms with Crippen LogP contribution in [0.25, 0.3) is 5.65 Å². The predicted molar refractivity (Wildman–Crippen MR) is 75.2 cm³/mol. The van der Waals surface area contributed by atoms with Crippen LogP contribution >= 0.6 is 0 Å². The first kappa shape index (κ1) is 13.5. The Bertz CT molecular complexity index is 681. The molecular weight excluding hydrogens is 270 g/mol. The maximum atomic E-state index is 12.1. The van der Waals surface area contributed by atoms with Gasteiger partial charge in [0.1, 0.15) is 0 Å². The Morgan fingerprint density at radius 2 is 2.38 bits per heavy atom. The Kier molecular flexibility index (Phi) is 3.55. The first-order valence-corrected chi connectivity index (χ1v) is 7.01. The van der Waals surface area contributed by atoms with E-state index in [0.717, 1.165) is 11.2 Å². The van der Waals surface area contributed by atoms with E-state index in [2.05, 4.69) is 15.4 Å². The van der Waals surface area contributed by atoms with Gasteiger partial charge in [0.25, 0.3) is 0 Å². The van der Waals surface area contributed by atoms with Crippen molar-refractivity contribution in [2.45, 2.75) is 19.9 Å². The van der Waals surface area contributed by atoms with Crippen molar-refractivity contribution in [2.75, 3.05) is 13.1 Å². The number of hydrogen-bond acceptors (Lipinski definition) is 4. The molecule has 1 unspecified atom stereocenters. The van der Waals surface area contributed by atoms with E-state index in [9.17, 15) is 9.59 Å². The van der Waals surface area contributed by atoms with Crippen LogP contribution in [0.15, 0.2) is 24.7 Å². The van der Waals surface area contributed by atoms with E-state index in [1.807, 2.05) is 13.1 Å². The average molecular weight is 287 g/mol. The molecule has 0 bridgehead atoms. The van der Waals surface area contributed by atoms with Crippen molar-refractivity contribution in [2.24, 2.45) is 5.92 Å². The van der Waals surface area contributed by atoms with E-state index in [1.54, 1.807) is 27.9 Å². The van der Waals surface area contributed by atoms with E-state index in [0.29, 0.717) is 26.1 Å². The van der Waals surface area contributed by atoms with Crippen LogP contribution in [-0.2, 0) is 16.1 Å². The lowest BCUT2D eigenvalue weighted by atomic mass is 10.1. The first-order chi connectivity index (χ1) is 10.2. The lowest BCUT2D eigenvalue weighted by Crippen LogP contribution is -2.32. The maximum absolute atomic E-state index is 12.1. The van der Waals surface area contributed by atoms with Gasteiger partial charge >= 0.3 is 0 Å². The molecular formula is C14H17N5O2. The molecule has 2 amide bonds. The highest BCUT2D eigenvalue weighted by atomic mass is 16.2. The standard InChI is InChI=1S/C14H17N5O2/c1-2-18-9-10(6-12(18)20)14(21)16-7-11-8-17-19-5-3-4-15-13(11)19/h3-5,8,10H,2,6-7,9H2,1H3,(H,16,21). The Labute approximate surface area is 122 Å². The van der Waals surface area contributed by atoms with Gasteiger partial charge in [-0.2, -0.15) is 5.10 Å². The fourth-order valence-electron chi connectivity index (χ4n) is 2.58. The largest absolute Gasteiger partial charge is 0.352 e. The molecule has 7 heteroatoms. The molecule has 1 atom stereocenters. The van der Waals surface area contributed by atoms with Gasteiger partial charge in [-0.1, -0.05) is 0 Å². The van der Waals surface area contributed by atoms with E-state index in [-0.39, 0.29) is 17.7 Å². The lowest BCUT2D eigenvalue weighted by Gasteiger charge is -2.13. The summed E-state index contributed by atoms with van der Waals surface area (Å²) in [6.07, 6.45) is 5.49. The molecule has 0 spiro atoms. The Morgan fingerprint density at radius 1 is 1.52 bits per heavy atom. The van der Waals surface area contributed by atoms with Gasteiger partial charge < -0.3 is 10.2 Å². The summed E-state index contributed by atoms with van der Waals surface area (Å²) in [4.78, 5) is 29.7. The van der Waals surface area contributed by atoms with Crippen molar-refractivity contribution in [3.05, 3.63) is 30.2 Å². The predicted octanol–water partition coefficient (Wildman–Crippen LogP) is 0.214. The van der Waals surface area contributed by atoms with Crippen molar-refractivity contribution in [1.82, 2.24) is 24.8 Å². The third-order valence-electron chi connectivity index (χ3n) is 3.77. The summed E-state index contributed by atoms with van der Waals surface area (Å²) in [5, 5.41) is 7.05. The molecule has 21 heavy (non-hydrogen) atoms. The zero-order valence-electron chi connectivity index (χ0n) is 11.8. The fraction of sp³-hybridized carbons (Fsp3) is 0.429. The second-order valence-electron chi connectivity index (χ2n) is 5.11. The number of rotatable bonds is 4. The van der Waals surface area contributed by atoms with Gasteiger partial charge in [-0.3, -0.25) is 9.59 Å². The summed E-state index contributed by atoms with van der Waals surface area (Å²) in [5.41, 5.74) is 1.59. The van der Waals surface area contributed by atoms with Crippen LogP contribution in [-0.4, -0.2) is 44.4 Å². The van der Waals surface area contributed by atoms with Gasteiger partial charge in [-0.15, -0.1) is 0 Å². The van der Waals surface area contributed by atoms with Crippen molar-refractivity contribution < 1.29 is 9.59 Å². The Balaban J connectivity index is 1.63. The molecule has 2 aromatic rings. The third-order valence-corrected chi connectivity index (χ3v) is 3.77. The maximum Gasteiger partial charge on any atom is 0.225 e. The summed E-state index contributed by atoms with van der Waals surface area (Å²) in [6, 6.07) is 1.80. The number of nitrogens with zero attached hydrogens (tertiary/aromatic N) is 4. The monoisotopic (exact) mass is 287 g/mol. The number of carbonyl (C=O) groups excluding carboxylic acids is 2. The van der Waals surface area contributed by atoms with Gasteiger partial charge in [0.2, 0.25) is 11.8 Å². The van der Waals surface area contributed by atoms with Crippen LogP contribution in [0, 0.1) is 5.92 Å². The molecule has 7 nitrogen and oxygen atoms in total. The van der Waals surface area contributed by atoms with Crippen molar-refractivity contribution in [3.63, 3.8) is 0 Å². The highest BCUT2D eigenvalue weighted by Crippen LogP contribution is 2.17. The van der Waals surface area contributed by atoms with Gasteiger partial charge in [0.15, 0.2) is 5.65 Å². The average Bonchev–Trinajstić information content (AvgIpc) is 3.08. The minimum Gasteiger partial charge on any atom is -0.352 e. The van der Waals surface area contributed by atoms with Gasteiger partial charge in [0.05, 0.1) is 12.1 Å². The lowest BCUT2D eigenvalue weighted by molar-refractivity contribution is -0.128. The second-order valence-corrected chi connectivity index (χ2v) is 5.11. The van der Waals surface area contributed by atoms with Gasteiger partial charge in [-0.05, 0) is 13.0 Å². The molecule has 3 rings (SSSR count). The zero-order chi connectivity index (χ0) is 14.8. The summed E-state index contributed by atoms with van der Waals surface area (Å²) in [5.74, 6) is -0.294. The quantitative estimate of drug-likeness (QED) is 0.872. The molecule has 0 aromatic carbocycles. The number of aromatic nitrogens is 3. The molecule has 1 aliphatic heterocycles. The van der Waals surface area contributed by atoms with Crippen molar-refractivity contribution in [3.8, 4) is 0 Å². The number of nitrogens with one attached hydrogen (secondary N) is 1. The molecule has 1 aliphatic rings.